The standard InChI is InChI=1S/C50H98N2O6/c1-7-10-13-16-19-28-35-45-56-47(53)39-31-24-20-26-33-42-52(44-36-41-51-49(55)58-50(4,5)6)43-34-27-21-25-32-40-48(54)57-46(37-29-22-17-14-11-8-2)38-30-23-18-15-12-9-3/h46H,7-45H2,1-6H3,(H,51,55). The summed E-state index contributed by atoms with van der Waals surface area (Å²) in [6.07, 6.45) is 38.5. The van der Waals surface area contributed by atoms with Crippen LogP contribution in [0.2, 0.25) is 0 Å². The van der Waals surface area contributed by atoms with Gasteiger partial charge in [0.15, 0.2) is 0 Å². The maximum atomic E-state index is 12.8. The molecule has 0 aliphatic carbocycles. The van der Waals surface area contributed by atoms with Gasteiger partial charge in [-0.15, -0.1) is 0 Å². The number of hydrogen-bond acceptors (Lipinski definition) is 7. The van der Waals surface area contributed by atoms with Gasteiger partial charge in [-0.1, -0.05) is 162 Å². The van der Waals surface area contributed by atoms with E-state index in [1.54, 1.807) is 0 Å². The molecule has 1 N–H and O–H groups in total. The zero-order valence-electron chi connectivity index (χ0n) is 39.6. The number of hydrogen-bond donors (Lipinski definition) is 1. The first-order valence-electron chi connectivity index (χ1n) is 25.2. The Labute approximate surface area is 360 Å². The summed E-state index contributed by atoms with van der Waals surface area (Å²) < 4.78 is 16.9. The molecule has 0 saturated heterocycles. The van der Waals surface area contributed by atoms with Crippen LogP contribution < -0.4 is 5.32 Å². The summed E-state index contributed by atoms with van der Waals surface area (Å²) in [5.74, 6) is -0.0322. The van der Waals surface area contributed by atoms with E-state index in [0.29, 0.717) is 26.0 Å². The van der Waals surface area contributed by atoms with Crippen LogP contribution in [0.15, 0.2) is 0 Å². The first kappa shape index (κ1) is 56.2. The van der Waals surface area contributed by atoms with Gasteiger partial charge in [-0.2, -0.15) is 0 Å². The lowest BCUT2D eigenvalue weighted by Crippen LogP contribution is -2.35. The molecule has 0 radical (unpaired) electrons. The van der Waals surface area contributed by atoms with Crippen LogP contribution in [0, 0.1) is 0 Å². The predicted molar refractivity (Wildman–Crippen MR) is 246 cm³/mol. The van der Waals surface area contributed by atoms with Gasteiger partial charge in [-0.05, 0) is 105 Å². The topological polar surface area (TPSA) is 94.2 Å². The number of carbonyl (C=O) groups is 3. The first-order chi connectivity index (χ1) is 28.1. The Morgan fingerprint density at radius 3 is 1.36 bits per heavy atom. The summed E-state index contributed by atoms with van der Waals surface area (Å²) in [7, 11) is 0. The normalized spacial score (nSPS) is 11.7. The molecule has 0 fully saturated rings. The SMILES string of the molecule is CCCCCCCCCOC(=O)CCCCCCCN(CCCCCCCC(=O)OC(CCCCCCCC)CCCCCCCC)CCCNC(=O)OC(C)(C)C. The van der Waals surface area contributed by atoms with E-state index in [2.05, 4.69) is 31.0 Å². The molecule has 344 valence electrons. The lowest BCUT2D eigenvalue weighted by Gasteiger charge is -2.23. The van der Waals surface area contributed by atoms with E-state index in [0.717, 1.165) is 116 Å². The van der Waals surface area contributed by atoms with Crippen molar-refractivity contribution in [2.75, 3.05) is 32.8 Å². The highest BCUT2D eigenvalue weighted by Crippen LogP contribution is 2.19. The third-order valence-electron chi connectivity index (χ3n) is 11.1. The fourth-order valence-electron chi connectivity index (χ4n) is 7.54. The molecule has 0 aromatic rings. The second-order valence-corrected chi connectivity index (χ2v) is 18.2. The van der Waals surface area contributed by atoms with Gasteiger partial charge < -0.3 is 24.4 Å². The van der Waals surface area contributed by atoms with Gasteiger partial charge in [0.05, 0.1) is 6.61 Å². The van der Waals surface area contributed by atoms with Crippen LogP contribution in [-0.4, -0.2) is 67.4 Å². The van der Waals surface area contributed by atoms with Gasteiger partial charge in [0.25, 0.3) is 0 Å². The van der Waals surface area contributed by atoms with Crippen molar-refractivity contribution in [2.24, 2.45) is 0 Å². The quantitative estimate of drug-likeness (QED) is 0.0372. The molecule has 1 amide bonds. The first-order valence-corrected chi connectivity index (χ1v) is 25.2. The number of nitrogens with zero attached hydrogens (tertiary/aromatic N) is 1. The Bertz CT molecular complexity index is 906. The molecular formula is C50H98N2O6. The summed E-state index contributed by atoms with van der Waals surface area (Å²) >= 11 is 0. The van der Waals surface area contributed by atoms with Gasteiger partial charge >= 0.3 is 18.0 Å². The second-order valence-electron chi connectivity index (χ2n) is 18.2. The van der Waals surface area contributed by atoms with Gasteiger partial charge in [-0.3, -0.25) is 9.59 Å². The number of amides is 1. The summed E-state index contributed by atoms with van der Waals surface area (Å²) in [5.41, 5.74) is -0.493. The lowest BCUT2D eigenvalue weighted by molar-refractivity contribution is -0.150. The molecule has 58 heavy (non-hydrogen) atoms. The van der Waals surface area contributed by atoms with E-state index in [9.17, 15) is 14.4 Å². The van der Waals surface area contributed by atoms with Gasteiger partial charge in [-0.25, -0.2) is 4.79 Å². The zero-order chi connectivity index (χ0) is 42.8. The highest BCUT2D eigenvalue weighted by Gasteiger charge is 2.16. The van der Waals surface area contributed by atoms with E-state index in [1.165, 1.54) is 109 Å². The van der Waals surface area contributed by atoms with Gasteiger partial charge in [0.1, 0.15) is 11.7 Å². The highest BCUT2D eigenvalue weighted by atomic mass is 16.6. The number of nitrogens with one attached hydrogen (secondary N) is 1. The minimum absolute atomic E-state index is 0.00636. The molecule has 8 nitrogen and oxygen atoms in total. The van der Waals surface area contributed by atoms with Crippen LogP contribution in [0.3, 0.4) is 0 Å². The van der Waals surface area contributed by atoms with Crippen molar-refractivity contribution in [3.8, 4) is 0 Å². The number of ether oxygens (including phenoxy) is 3. The molecular weight excluding hydrogens is 725 g/mol. The minimum Gasteiger partial charge on any atom is -0.466 e. The van der Waals surface area contributed by atoms with Crippen molar-refractivity contribution >= 4 is 18.0 Å². The number of esters is 2. The van der Waals surface area contributed by atoms with Crippen molar-refractivity contribution in [1.29, 1.82) is 0 Å². The van der Waals surface area contributed by atoms with E-state index in [-0.39, 0.29) is 24.1 Å². The molecule has 0 atom stereocenters. The van der Waals surface area contributed by atoms with Crippen LogP contribution in [0.4, 0.5) is 4.79 Å². The number of unbranched alkanes of at least 4 members (excludes halogenated alkanes) is 24. The fraction of sp³-hybridized carbons (Fsp3) is 0.940. The van der Waals surface area contributed by atoms with Gasteiger partial charge in [0.2, 0.25) is 0 Å². The van der Waals surface area contributed by atoms with Crippen LogP contribution >= 0.6 is 0 Å². The average Bonchev–Trinajstić information content (AvgIpc) is 3.18. The third-order valence-corrected chi connectivity index (χ3v) is 11.1. The molecule has 0 aliphatic heterocycles. The molecule has 0 heterocycles. The third kappa shape index (κ3) is 42.3. The Morgan fingerprint density at radius 1 is 0.483 bits per heavy atom. The zero-order valence-corrected chi connectivity index (χ0v) is 39.6. The Kier molecular flexibility index (Phi) is 40.6. The minimum atomic E-state index is -0.493. The average molecular weight is 823 g/mol. The van der Waals surface area contributed by atoms with Crippen LogP contribution in [0.1, 0.15) is 260 Å². The second kappa shape index (κ2) is 41.9. The molecule has 8 heteroatoms. The van der Waals surface area contributed by atoms with E-state index in [4.69, 9.17) is 14.2 Å². The summed E-state index contributed by atoms with van der Waals surface area (Å²) in [4.78, 5) is 39.6. The summed E-state index contributed by atoms with van der Waals surface area (Å²) in [5, 5.41) is 2.91. The summed E-state index contributed by atoms with van der Waals surface area (Å²) in [6.45, 7) is 16.6. The summed E-state index contributed by atoms with van der Waals surface area (Å²) in [6, 6.07) is 0. The molecule has 0 spiro atoms. The Balaban J connectivity index is 4.45. The van der Waals surface area contributed by atoms with E-state index >= 15 is 0 Å². The van der Waals surface area contributed by atoms with E-state index in [1.807, 2.05) is 20.8 Å². The number of carbonyl (C=O) groups excluding carboxylic acids is 3. The largest absolute Gasteiger partial charge is 0.466 e. The van der Waals surface area contributed by atoms with Crippen molar-refractivity contribution in [2.45, 2.75) is 272 Å². The van der Waals surface area contributed by atoms with Crippen LogP contribution in [-0.2, 0) is 23.8 Å². The smallest absolute Gasteiger partial charge is 0.407 e. The van der Waals surface area contributed by atoms with Crippen LogP contribution in [0.25, 0.3) is 0 Å². The number of alkyl carbamates (subject to hydrolysis) is 1. The molecule has 0 bridgehead atoms. The van der Waals surface area contributed by atoms with Crippen molar-refractivity contribution < 1.29 is 28.6 Å². The molecule has 0 unspecified atom stereocenters. The van der Waals surface area contributed by atoms with E-state index < -0.39 is 5.60 Å². The maximum Gasteiger partial charge on any atom is 0.407 e. The van der Waals surface area contributed by atoms with Gasteiger partial charge in [0, 0.05) is 19.4 Å². The van der Waals surface area contributed by atoms with Crippen molar-refractivity contribution in [3.63, 3.8) is 0 Å². The molecule has 0 rings (SSSR count). The van der Waals surface area contributed by atoms with Crippen molar-refractivity contribution in [1.82, 2.24) is 10.2 Å². The lowest BCUT2D eigenvalue weighted by atomic mass is 10.0. The molecule has 0 aromatic carbocycles. The maximum absolute atomic E-state index is 12.8. The monoisotopic (exact) mass is 823 g/mol. The Hall–Kier alpha value is -1.83. The Morgan fingerprint density at radius 2 is 0.879 bits per heavy atom. The highest BCUT2D eigenvalue weighted by molar-refractivity contribution is 5.69. The predicted octanol–water partition coefficient (Wildman–Crippen LogP) is 14.6. The number of rotatable bonds is 43. The molecule has 0 saturated carbocycles. The van der Waals surface area contributed by atoms with Crippen LogP contribution in [0.5, 0.6) is 0 Å². The molecule has 0 aromatic heterocycles. The molecule has 0 aliphatic rings. The van der Waals surface area contributed by atoms with Crippen molar-refractivity contribution in [3.05, 3.63) is 0 Å². The fourth-order valence-corrected chi connectivity index (χ4v) is 7.54.